The van der Waals surface area contributed by atoms with Crippen molar-refractivity contribution in [1.82, 2.24) is 10.9 Å². The van der Waals surface area contributed by atoms with Crippen LogP contribution in [0.4, 0.5) is 0 Å². The van der Waals surface area contributed by atoms with Crippen molar-refractivity contribution in [3.05, 3.63) is 29.3 Å². The highest BCUT2D eigenvalue weighted by Gasteiger charge is 2.07. The second-order valence-electron chi connectivity index (χ2n) is 4.44. The van der Waals surface area contributed by atoms with E-state index in [4.69, 9.17) is 16.3 Å². The van der Waals surface area contributed by atoms with Crippen molar-refractivity contribution in [2.24, 2.45) is 5.92 Å². The van der Waals surface area contributed by atoms with E-state index in [1.165, 1.54) is 0 Å². The summed E-state index contributed by atoms with van der Waals surface area (Å²) in [5.41, 5.74) is 4.60. The summed E-state index contributed by atoms with van der Waals surface area (Å²) in [6.45, 7) is 3.67. The van der Waals surface area contributed by atoms with Gasteiger partial charge in [-0.2, -0.15) is 0 Å². The van der Waals surface area contributed by atoms with Gasteiger partial charge in [-0.25, -0.2) is 0 Å². The van der Waals surface area contributed by atoms with Crippen LogP contribution in [-0.4, -0.2) is 18.4 Å². The molecule has 0 aromatic heterocycles. The molecule has 0 fully saturated rings. The highest BCUT2D eigenvalue weighted by atomic mass is 35.5. The normalized spacial score (nSPS) is 10.1. The average molecular weight is 285 g/mol. The number of nitrogens with one attached hydrogen (secondary N) is 2. The molecule has 0 radical (unpaired) electrons. The molecule has 0 spiro atoms. The van der Waals surface area contributed by atoms with Crippen molar-refractivity contribution in [2.45, 2.75) is 20.3 Å². The Bertz CT molecular complexity index is 432. The van der Waals surface area contributed by atoms with Crippen LogP contribution in [0, 0.1) is 5.92 Å². The molecule has 104 valence electrons. The monoisotopic (exact) mass is 284 g/mol. The number of halogens is 1. The van der Waals surface area contributed by atoms with Gasteiger partial charge in [0.2, 0.25) is 5.91 Å². The summed E-state index contributed by atoms with van der Waals surface area (Å²) in [7, 11) is 0. The molecule has 5 nitrogen and oxygen atoms in total. The average Bonchev–Trinajstić information content (AvgIpc) is 2.35. The van der Waals surface area contributed by atoms with Crippen molar-refractivity contribution in [3.63, 3.8) is 0 Å². The van der Waals surface area contributed by atoms with E-state index in [0.29, 0.717) is 17.2 Å². The largest absolute Gasteiger partial charge is 0.484 e. The number of amides is 2. The molecule has 0 saturated heterocycles. The Hall–Kier alpha value is -1.75. The predicted molar refractivity (Wildman–Crippen MR) is 72.7 cm³/mol. The highest BCUT2D eigenvalue weighted by molar-refractivity contribution is 6.30. The zero-order chi connectivity index (χ0) is 14.3. The van der Waals surface area contributed by atoms with E-state index in [1.54, 1.807) is 24.3 Å². The van der Waals surface area contributed by atoms with E-state index in [-0.39, 0.29) is 18.4 Å². The Morgan fingerprint density at radius 3 is 2.32 bits per heavy atom. The SMILES string of the molecule is CC(C)CC(=O)NNC(=O)COc1ccc(Cl)cc1. The third-order valence-electron chi connectivity index (χ3n) is 2.12. The molecule has 0 aliphatic carbocycles. The minimum Gasteiger partial charge on any atom is -0.484 e. The summed E-state index contributed by atoms with van der Waals surface area (Å²) in [6.07, 6.45) is 0.359. The zero-order valence-electron chi connectivity index (χ0n) is 10.9. The summed E-state index contributed by atoms with van der Waals surface area (Å²) < 4.78 is 5.21. The second-order valence-corrected chi connectivity index (χ2v) is 4.87. The highest BCUT2D eigenvalue weighted by Crippen LogP contribution is 2.15. The maximum Gasteiger partial charge on any atom is 0.276 e. The molecule has 0 heterocycles. The standard InChI is InChI=1S/C13H17ClN2O3/c1-9(2)7-12(17)15-16-13(18)8-19-11-5-3-10(14)4-6-11/h3-6,9H,7-8H2,1-2H3,(H,15,17)(H,16,18). The Morgan fingerprint density at radius 1 is 1.16 bits per heavy atom. The molecule has 6 heteroatoms. The molecule has 0 aliphatic heterocycles. The van der Waals surface area contributed by atoms with E-state index in [0.717, 1.165) is 0 Å². The summed E-state index contributed by atoms with van der Waals surface area (Å²) in [5, 5.41) is 0.595. The second kappa shape index (κ2) is 7.63. The van der Waals surface area contributed by atoms with Gasteiger partial charge in [0.15, 0.2) is 6.61 Å². The molecule has 1 rings (SSSR count). The Balaban J connectivity index is 2.24. The third-order valence-corrected chi connectivity index (χ3v) is 2.37. The van der Waals surface area contributed by atoms with Gasteiger partial charge in [0.1, 0.15) is 5.75 Å². The topological polar surface area (TPSA) is 67.4 Å². The Kier molecular flexibility index (Phi) is 6.15. The first-order valence-corrected chi connectivity index (χ1v) is 6.31. The number of carbonyl (C=O) groups is 2. The molecule has 2 amide bonds. The van der Waals surface area contributed by atoms with Crippen molar-refractivity contribution in [3.8, 4) is 5.75 Å². The van der Waals surface area contributed by atoms with Crippen molar-refractivity contribution in [1.29, 1.82) is 0 Å². The van der Waals surface area contributed by atoms with Crippen LogP contribution in [0.3, 0.4) is 0 Å². The fourth-order valence-corrected chi connectivity index (χ4v) is 1.40. The van der Waals surface area contributed by atoms with Gasteiger partial charge in [0.05, 0.1) is 0 Å². The Labute approximate surface area is 117 Å². The smallest absolute Gasteiger partial charge is 0.276 e. The lowest BCUT2D eigenvalue weighted by Crippen LogP contribution is -2.44. The molecule has 19 heavy (non-hydrogen) atoms. The molecule has 0 aliphatic rings. The van der Waals surface area contributed by atoms with Gasteiger partial charge in [-0.3, -0.25) is 20.4 Å². The number of ether oxygens (including phenoxy) is 1. The van der Waals surface area contributed by atoms with Crippen LogP contribution >= 0.6 is 11.6 Å². The quantitative estimate of drug-likeness (QED) is 0.812. The number of hydrogen-bond acceptors (Lipinski definition) is 3. The third kappa shape index (κ3) is 6.67. The van der Waals surface area contributed by atoms with Crippen LogP contribution in [0.5, 0.6) is 5.75 Å². The molecule has 0 bridgehead atoms. The van der Waals surface area contributed by atoms with Crippen molar-refractivity contribution < 1.29 is 14.3 Å². The first-order chi connectivity index (χ1) is 8.97. The van der Waals surface area contributed by atoms with Crippen LogP contribution in [0.15, 0.2) is 24.3 Å². The van der Waals surface area contributed by atoms with E-state index < -0.39 is 5.91 Å². The van der Waals surface area contributed by atoms with Gasteiger partial charge in [0.25, 0.3) is 5.91 Å². The van der Waals surface area contributed by atoms with E-state index in [9.17, 15) is 9.59 Å². The fraction of sp³-hybridized carbons (Fsp3) is 0.385. The summed E-state index contributed by atoms with van der Waals surface area (Å²) in [5.74, 6) is 0.122. The van der Waals surface area contributed by atoms with Gasteiger partial charge in [-0.1, -0.05) is 25.4 Å². The zero-order valence-corrected chi connectivity index (χ0v) is 11.7. The number of benzene rings is 1. The summed E-state index contributed by atoms with van der Waals surface area (Å²) in [4.78, 5) is 22.7. The van der Waals surface area contributed by atoms with Crippen LogP contribution in [0.25, 0.3) is 0 Å². The number of rotatable bonds is 5. The first kappa shape index (κ1) is 15.3. The van der Waals surface area contributed by atoms with Crippen molar-refractivity contribution >= 4 is 23.4 Å². The molecule has 0 unspecified atom stereocenters. The summed E-state index contributed by atoms with van der Waals surface area (Å²) >= 11 is 5.72. The molecule has 1 aromatic carbocycles. The lowest BCUT2D eigenvalue weighted by atomic mass is 10.1. The predicted octanol–water partition coefficient (Wildman–Crippen LogP) is 1.91. The van der Waals surface area contributed by atoms with Gasteiger partial charge in [-0.15, -0.1) is 0 Å². The van der Waals surface area contributed by atoms with Gasteiger partial charge >= 0.3 is 0 Å². The molecule has 2 N–H and O–H groups in total. The molecular formula is C13H17ClN2O3. The van der Waals surface area contributed by atoms with Crippen LogP contribution in [0.1, 0.15) is 20.3 Å². The minimum atomic E-state index is -0.424. The Morgan fingerprint density at radius 2 is 1.74 bits per heavy atom. The molecule has 1 aromatic rings. The van der Waals surface area contributed by atoms with Gasteiger partial charge in [0, 0.05) is 11.4 Å². The van der Waals surface area contributed by atoms with Crippen LogP contribution < -0.4 is 15.6 Å². The van der Waals surface area contributed by atoms with E-state index >= 15 is 0 Å². The number of carbonyl (C=O) groups excluding carboxylic acids is 2. The minimum absolute atomic E-state index is 0.177. The lowest BCUT2D eigenvalue weighted by molar-refractivity contribution is -0.130. The first-order valence-electron chi connectivity index (χ1n) is 5.93. The van der Waals surface area contributed by atoms with E-state index in [1.807, 2.05) is 13.8 Å². The molecule has 0 saturated carbocycles. The maximum atomic E-state index is 11.4. The maximum absolute atomic E-state index is 11.4. The van der Waals surface area contributed by atoms with Crippen LogP contribution in [-0.2, 0) is 9.59 Å². The van der Waals surface area contributed by atoms with Crippen LogP contribution in [0.2, 0.25) is 5.02 Å². The van der Waals surface area contributed by atoms with E-state index in [2.05, 4.69) is 10.9 Å². The van der Waals surface area contributed by atoms with Gasteiger partial charge < -0.3 is 4.74 Å². The van der Waals surface area contributed by atoms with Gasteiger partial charge in [-0.05, 0) is 30.2 Å². The number of hydrazine groups is 1. The van der Waals surface area contributed by atoms with Crippen molar-refractivity contribution in [2.75, 3.05) is 6.61 Å². The molecule has 0 atom stereocenters. The number of hydrogen-bond donors (Lipinski definition) is 2. The summed E-state index contributed by atoms with van der Waals surface area (Å²) in [6, 6.07) is 6.65. The lowest BCUT2D eigenvalue weighted by Gasteiger charge is -2.09. The molecular weight excluding hydrogens is 268 g/mol. The fourth-order valence-electron chi connectivity index (χ4n) is 1.28.